The summed E-state index contributed by atoms with van der Waals surface area (Å²) < 4.78 is 22.5. The number of hydrogen-bond donors (Lipinski definition) is 0. The van der Waals surface area contributed by atoms with Gasteiger partial charge in [0.15, 0.2) is 11.5 Å². The van der Waals surface area contributed by atoms with Gasteiger partial charge in [-0.25, -0.2) is 0 Å². The van der Waals surface area contributed by atoms with E-state index in [1.165, 1.54) is 11.8 Å². The van der Waals surface area contributed by atoms with Crippen LogP contribution in [0.1, 0.15) is 17.6 Å². The molecule has 1 aromatic heterocycles. The Kier molecular flexibility index (Phi) is 6.08. The summed E-state index contributed by atoms with van der Waals surface area (Å²) in [4.78, 5) is 14.1. The number of rotatable bonds is 7. The fourth-order valence-corrected chi connectivity index (χ4v) is 3.67. The van der Waals surface area contributed by atoms with Gasteiger partial charge < -0.3 is 23.5 Å². The number of nitrogens with zero attached hydrogens (tertiary/aromatic N) is 3. The van der Waals surface area contributed by atoms with E-state index in [0.29, 0.717) is 29.2 Å². The lowest BCUT2D eigenvalue weighted by molar-refractivity contribution is -0.127. The van der Waals surface area contributed by atoms with Crippen molar-refractivity contribution >= 4 is 17.7 Å². The zero-order valence-corrected chi connectivity index (χ0v) is 17.4. The summed E-state index contributed by atoms with van der Waals surface area (Å²) in [6.07, 6.45) is -0.481. The first kappa shape index (κ1) is 20.1. The minimum absolute atomic E-state index is 0.0585. The van der Waals surface area contributed by atoms with Crippen LogP contribution in [-0.2, 0) is 11.3 Å². The molecular weight excluding hydrogens is 406 g/mol. The number of methoxy groups -OCH3 is 1. The largest absolute Gasteiger partial charge is 0.496 e. The van der Waals surface area contributed by atoms with Crippen molar-refractivity contribution in [3.8, 4) is 17.2 Å². The van der Waals surface area contributed by atoms with Crippen LogP contribution in [0.25, 0.3) is 0 Å². The number of para-hydroxylation sites is 3. The summed E-state index contributed by atoms with van der Waals surface area (Å²) in [5.74, 6) is 2.51. The number of carbonyl (C=O) groups is 1. The highest BCUT2D eigenvalue weighted by Gasteiger charge is 2.27. The van der Waals surface area contributed by atoms with Crippen LogP contribution in [-0.4, -0.2) is 47.5 Å². The van der Waals surface area contributed by atoms with E-state index in [9.17, 15) is 4.79 Å². The van der Waals surface area contributed by atoms with Crippen molar-refractivity contribution in [2.75, 3.05) is 26.5 Å². The number of hydrogen-bond acceptors (Lipinski definition) is 8. The summed E-state index contributed by atoms with van der Waals surface area (Å²) in [6.45, 7) is 0.731. The first-order valence-electron chi connectivity index (χ1n) is 9.34. The third kappa shape index (κ3) is 4.51. The van der Waals surface area contributed by atoms with Crippen molar-refractivity contribution in [2.45, 2.75) is 17.9 Å². The molecule has 3 aromatic rings. The van der Waals surface area contributed by atoms with E-state index in [2.05, 4.69) is 10.2 Å². The fraction of sp³-hybridized carbons (Fsp3) is 0.286. The van der Waals surface area contributed by atoms with Crippen LogP contribution in [0.2, 0.25) is 0 Å². The molecule has 1 atom stereocenters. The van der Waals surface area contributed by atoms with Gasteiger partial charge in [-0.3, -0.25) is 4.79 Å². The maximum Gasteiger partial charge on any atom is 0.277 e. The van der Waals surface area contributed by atoms with E-state index >= 15 is 0 Å². The molecule has 0 fully saturated rings. The van der Waals surface area contributed by atoms with E-state index in [0.717, 1.165) is 11.3 Å². The van der Waals surface area contributed by atoms with Crippen LogP contribution in [0, 0.1) is 0 Å². The van der Waals surface area contributed by atoms with Crippen molar-refractivity contribution in [2.24, 2.45) is 0 Å². The topological polar surface area (TPSA) is 86.9 Å². The minimum atomic E-state index is -0.481. The number of aromatic nitrogens is 2. The van der Waals surface area contributed by atoms with Crippen LogP contribution in [0.5, 0.6) is 17.2 Å². The minimum Gasteiger partial charge on any atom is -0.496 e. The average molecular weight is 427 g/mol. The normalized spacial score (nSPS) is 14.9. The lowest BCUT2D eigenvalue weighted by atomic mass is 10.2. The Balaban J connectivity index is 1.31. The molecule has 0 spiro atoms. The molecule has 1 unspecified atom stereocenters. The van der Waals surface area contributed by atoms with Gasteiger partial charge in [-0.15, -0.1) is 10.2 Å². The highest BCUT2D eigenvalue weighted by Crippen LogP contribution is 2.36. The third-order valence-electron chi connectivity index (χ3n) is 4.55. The van der Waals surface area contributed by atoms with E-state index in [1.807, 2.05) is 48.5 Å². The Morgan fingerprint density at radius 2 is 1.93 bits per heavy atom. The van der Waals surface area contributed by atoms with Crippen molar-refractivity contribution < 1.29 is 23.4 Å². The van der Waals surface area contributed by atoms with Gasteiger partial charge in [0, 0.05) is 19.2 Å². The molecule has 0 bridgehead atoms. The Bertz CT molecular complexity index is 1030. The predicted molar refractivity (Wildman–Crippen MR) is 110 cm³/mol. The molecular formula is C21H21N3O5S. The Morgan fingerprint density at radius 1 is 1.17 bits per heavy atom. The van der Waals surface area contributed by atoms with Gasteiger partial charge >= 0.3 is 0 Å². The molecule has 156 valence electrons. The van der Waals surface area contributed by atoms with Gasteiger partial charge in [0.25, 0.3) is 11.1 Å². The van der Waals surface area contributed by atoms with Crippen molar-refractivity contribution in [1.29, 1.82) is 0 Å². The van der Waals surface area contributed by atoms with E-state index < -0.39 is 6.10 Å². The van der Waals surface area contributed by atoms with Crippen LogP contribution in [0.15, 0.2) is 58.2 Å². The summed E-state index contributed by atoms with van der Waals surface area (Å²) in [7, 11) is 3.36. The molecule has 4 rings (SSSR count). The number of ether oxygens (including phenoxy) is 3. The predicted octanol–water partition coefficient (Wildman–Crippen LogP) is 3.34. The molecule has 0 N–H and O–H groups in total. The van der Waals surface area contributed by atoms with Gasteiger partial charge in [-0.2, -0.15) is 0 Å². The Labute approximate surface area is 178 Å². The summed E-state index contributed by atoms with van der Waals surface area (Å²) >= 11 is 1.19. The van der Waals surface area contributed by atoms with Crippen molar-refractivity contribution in [3.63, 3.8) is 0 Å². The number of carbonyl (C=O) groups excluding carboxylic acids is 1. The maximum atomic E-state index is 12.5. The zero-order chi connectivity index (χ0) is 20.9. The van der Waals surface area contributed by atoms with Crippen LogP contribution < -0.4 is 14.2 Å². The van der Waals surface area contributed by atoms with Crippen molar-refractivity contribution in [3.05, 3.63) is 60.0 Å². The van der Waals surface area contributed by atoms with Crippen LogP contribution in [0.4, 0.5) is 0 Å². The molecule has 2 aromatic carbocycles. The third-order valence-corrected chi connectivity index (χ3v) is 5.35. The first-order valence-corrected chi connectivity index (χ1v) is 10.3. The monoisotopic (exact) mass is 427 g/mol. The number of benzene rings is 2. The molecule has 0 saturated heterocycles. The van der Waals surface area contributed by atoms with Gasteiger partial charge in [-0.05, 0) is 18.2 Å². The number of amides is 1. The highest BCUT2D eigenvalue weighted by atomic mass is 32.2. The molecule has 1 amide bonds. The van der Waals surface area contributed by atoms with Gasteiger partial charge in [0.1, 0.15) is 12.4 Å². The standard InChI is InChI=1S/C21H21N3O5S/c1-24(11-14-7-3-4-8-15(14)26-2)19(25)13-30-21-23-22-20(29-21)18-12-27-16-9-5-6-10-17(16)28-18/h3-10,18H,11-13H2,1-2H3. The molecule has 1 aliphatic heterocycles. The average Bonchev–Trinajstić information content (AvgIpc) is 3.26. The fourth-order valence-electron chi connectivity index (χ4n) is 2.96. The molecule has 30 heavy (non-hydrogen) atoms. The summed E-state index contributed by atoms with van der Waals surface area (Å²) in [5.41, 5.74) is 0.940. The lowest BCUT2D eigenvalue weighted by Crippen LogP contribution is -2.28. The molecule has 9 heteroatoms. The second kappa shape index (κ2) is 9.08. The van der Waals surface area contributed by atoms with E-state index in [4.69, 9.17) is 18.6 Å². The van der Waals surface area contributed by atoms with E-state index in [1.54, 1.807) is 19.1 Å². The smallest absolute Gasteiger partial charge is 0.277 e. The number of fused-ring (bicyclic) bond motifs is 1. The SMILES string of the molecule is COc1ccccc1CN(C)C(=O)CSc1nnc(C2COc3ccccc3O2)o1. The quantitative estimate of drug-likeness (QED) is 0.531. The van der Waals surface area contributed by atoms with Crippen LogP contribution in [0.3, 0.4) is 0 Å². The van der Waals surface area contributed by atoms with Gasteiger partial charge in [0.05, 0.1) is 12.9 Å². The van der Waals surface area contributed by atoms with Crippen molar-refractivity contribution in [1.82, 2.24) is 15.1 Å². The molecule has 1 aliphatic rings. The molecule has 0 radical (unpaired) electrons. The maximum absolute atomic E-state index is 12.5. The first-order chi connectivity index (χ1) is 14.6. The highest BCUT2D eigenvalue weighted by molar-refractivity contribution is 7.99. The van der Waals surface area contributed by atoms with Gasteiger partial charge in [-0.1, -0.05) is 42.1 Å². The van der Waals surface area contributed by atoms with E-state index in [-0.39, 0.29) is 18.3 Å². The number of thioether (sulfide) groups is 1. The lowest BCUT2D eigenvalue weighted by Gasteiger charge is -2.23. The Morgan fingerprint density at radius 3 is 2.77 bits per heavy atom. The zero-order valence-electron chi connectivity index (χ0n) is 16.6. The molecule has 0 aliphatic carbocycles. The van der Waals surface area contributed by atoms with Gasteiger partial charge in [0.2, 0.25) is 12.0 Å². The van der Waals surface area contributed by atoms with Crippen LogP contribution >= 0.6 is 11.8 Å². The second-order valence-corrected chi connectivity index (χ2v) is 7.55. The Hall–Kier alpha value is -3.20. The molecule has 2 heterocycles. The molecule has 0 saturated carbocycles. The summed E-state index contributed by atoms with van der Waals surface area (Å²) in [6, 6.07) is 15.0. The summed E-state index contributed by atoms with van der Waals surface area (Å²) in [5, 5.41) is 8.36. The second-order valence-electron chi connectivity index (χ2n) is 6.62. The molecule has 8 nitrogen and oxygen atoms in total.